The Labute approximate surface area is 109 Å². The molecule has 0 saturated heterocycles. The normalized spacial score (nSPS) is 9.32. The van der Waals surface area contributed by atoms with Crippen LogP contribution >= 0.6 is 0 Å². The lowest BCUT2D eigenvalue weighted by atomic mass is 10.2. The number of aromatic nitrogens is 3. The van der Waals surface area contributed by atoms with Crippen molar-refractivity contribution in [3.8, 4) is 11.8 Å². The third kappa shape index (κ3) is 3.59. The minimum absolute atomic E-state index is 0.222. The maximum Gasteiger partial charge on any atom is 0.259 e. The van der Waals surface area contributed by atoms with Crippen molar-refractivity contribution in [2.75, 3.05) is 11.9 Å². The summed E-state index contributed by atoms with van der Waals surface area (Å²) in [6.07, 6.45) is 5.99. The number of amides is 1. The van der Waals surface area contributed by atoms with Gasteiger partial charge in [0.2, 0.25) is 5.95 Å². The number of anilines is 1. The zero-order valence-electron chi connectivity index (χ0n) is 9.87. The molecule has 19 heavy (non-hydrogen) atoms. The van der Waals surface area contributed by atoms with Crippen molar-refractivity contribution in [3.63, 3.8) is 0 Å². The summed E-state index contributed by atoms with van der Waals surface area (Å²) in [5.74, 6) is 5.02. The predicted molar refractivity (Wildman–Crippen MR) is 68.2 cm³/mol. The fourth-order valence-electron chi connectivity index (χ4n) is 1.31. The highest BCUT2D eigenvalue weighted by Gasteiger charge is 2.08. The number of rotatable bonds is 2. The van der Waals surface area contributed by atoms with E-state index >= 15 is 0 Å². The second-order valence-corrected chi connectivity index (χ2v) is 3.45. The Morgan fingerprint density at radius 3 is 2.84 bits per heavy atom. The molecule has 2 heterocycles. The lowest BCUT2D eigenvalue weighted by Gasteiger charge is -2.02. The maximum atomic E-state index is 11.9. The minimum atomic E-state index is -0.369. The number of aliphatic hydroxyl groups excluding tert-OH is 1. The Balaban J connectivity index is 2.15. The summed E-state index contributed by atoms with van der Waals surface area (Å²) in [5, 5.41) is 11.2. The quantitative estimate of drug-likeness (QED) is 0.760. The number of hydrogen-bond acceptors (Lipinski definition) is 5. The van der Waals surface area contributed by atoms with Gasteiger partial charge in [-0.15, -0.1) is 0 Å². The molecular weight excluding hydrogens is 244 g/mol. The van der Waals surface area contributed by atoms with E-state index in [1.54, 1.807) is 12.1 Å². The van der Waals surface area contributed by atoms with Crippen LogP contribution < -0.4 is 5.32 Å². The van der Waals surface area contributed by atoms with E-state index in [0.29, 0.717) is 11.1 Å². The van der Waals surface area contributed by atoms with Gasteiger partial charge in [0.05, 0.1) is 5.56 Å². The molecule has 2 aromatic rings. The van der Waals surface area contributed by atoms with Crippen LogP contribution in [0.4, 0.5) is 5.95 Å². The number of carbonyl (C=O) groups is 1. The van der Waals surface area contributed by atoms with Gasteiger partial charge in [0.15, 0.2) is 0 Å². The molecule has 0 bridgehead atoms. The summed E-state index contributed by atoms with van der Waals surface area (Å²) in [6.45, 7) is -0.242. The molecule has 2 aromatic heterocycles. The van der Waals surface area contributed by atoms with Crippen LogP contribution in [0.3, 0.4) is 0 Å². The van der Waals surface area contributed by atoms with Crippen LogP contribution in [0, 0.1) is 11.8 Å². The molecular formula is C13H10N4O2. The molecule has 0 aliphatic rings. The number of aliphatic hydroxyl groups is 1. The van der Waals surface area contributed by atoms with Crippen LogP contribution in [0.2, 0.25) is 0 Å². The number of hydrogen-bond donors (Lipinski definition) is 2. The monoisotopic (exact) mass is 254 g/mol. The molecule has 0 saturated carbocycles. The maximum absolute atomic E-state index is 11.9. The standard InChI is InChI=1S/C13H10N4O2/c18-6-1-3-10-7-11(9-14-8-10)12(19)17-13-15-4-2-5-16-13/h2,4-5,7-9,18H,6H2,(H,15,16,17,19). The lowest BCUT2D eigenvalue weighted by molar-refractivity contribution is 0.102. The Morgan fingerprint density at radius 1 is 1.32 bits per heavy atom. The summed E-state index contributed by atoms with van der Waals surface area (Å²) >= 11 is 0. The summed E-state index contributed by atoms with van der Waals surface area (Å²) in [5.41, 5.74) is 0.896. The SMILES string of the molecule is O=C(Nc1ncccn1)c1cncc(C#CCO)c1. The van der Waals surface area contributed by atoms with Crippen LogP contribution in [0.1, 0.15) is 15.9 Å². The van der Waals surface area contributed by atoms with E-state index in [1.165, 1.54) is 24.8 Å². The fourth-order valence-corrected chi connectivity index (χ4v) is 1.31. The Bertz CT molecular complexity index is 632. The van der Waals surface area contributed by atoms with E-state index in [-0.39, 0.29) is 18.5 Å². The molecule has 6 heteroatoms. The molecule has 0 atom stereocenters. The highest BCUT2D eigenvalue weighted by atomic mass is 16.2. The van der Waals surface area contributed by atoms with E-state index in [2.05, 4.69) is 32.1 Å². The number of nitrogens with one attached hydrogen (secondary N) is 1. The zero-order chi connectivity index (χ0) is 13.5. The van der Waals surface area contributed by atoms with Gasteiger partial charge in [0.1, 0.15) is 6.61 Å². The largest absolute Gasteiger partial charge is 0.384 e. The molecule has 0 fully saturated rings. The van der Waals surface area contributed by atoms with Crippen LogP contribution in [0.5, 0.6) is 0 Å². The summed E-state index contributed by atoms with van der Waals surface area (Å²) in [6, 6.07) is 3.23. The highest BCUT2D eigenvalue weighted by Crippen LogP contribution is 2.04. The first-order valence-corrected chi connectivity index (χ1v) is 5.43. The van der Waals surface area contributed by atoms with Crippen LogP contribution in [-0.4, -0.2) is 32.6 Å². The van der Waals surface area contributed by atoms with E-state index in [0.717, 1.165) is 0 Å². The van der Waals surface area contributed by atoms with Crippen molar-refractivity contribution in [1.82, 2.24) is 15.0 Å². The molecule has 0 aliphatic heterocycles. The van der Waals surface area contributed by atoms with E-state index in [9.17, 15) is 4.79 Å². The van der Waals surface area contributed by atoms with Gasteiger partial charge in [-0.05, 0) is 12.1 Å². The van der Waals surface area contributed by atoms with Crippen molar-refractivity contribution in [2.45, 2.75) is 0 Å². The minimum Gasteiger partial charge on any atom is -0.384 e. The van der Waals surface area contributed by atoms with Crippen molar-refractivity contribution in [2.24, 2.45) is 0 Å². The van der Waals surface area contributed by atoms with Gasteiger partial charge >= 0.3 is 0 Å². The van der Waals surface area contributed by atoms with Crippen molar-refractivity contribution >= 4 is 11.9 Å². The summed E-state index contributed by atoms with van der Waals surface area (Å²) in [4.78, 5) is 23.6. The molecule has 0 aliphatic carbocycles. The Kier molecular flexibility index (Phi) is 4.16. The van der Waals surface area contributed by atoms with Gasteiger partial charge in [-0.3, -0.25) is 15.1 Å². The molecule has 0 radical (unpaired) electrons. The first-order chi connectivity index (χ1) is 9.29. The fraction of sp³-hybridized carbons (Fsp3) is 0.0769. The average Bonchev–Trinajstić information content (AvgIpc) is 2.46. The number of carbonyl (C=O) groups excluding carboxylic acids is 1. The molecule has 1 amide bonds. The second kappa shape index (κ2) is 6.23. The average molecular weight is 254 g/mol. The van der Waals surface area contributed by atoms with Gasteiger partial charge < -0.3 is 5.11 Å². The van der Waals surface area contributed by atoms with Gasteiger partial charge in [-0.2, -0.15) is 0 Å². The first-order valence-electron chi connectivity index (χ1n) is 5.43. The van der Waals surface area contributed by atoms with Gasteiger partial charge in [0, 0.05) is 30.4 Å². The van der Waals surface area contributed by atoms with Crippen molar-refractivity contribution in [3.05, 3.63) is 48.0 Å². The molecule has 2 N–H and O–H groups in total. The molecule has 6 nitrogen and oxygen atoms in total. The van der Waals surface area contributed by atoms with E-state index < -0.39 is 0 Å². The third-order valence-corrected chi connectivity index (χ3v) is 2.10. The second-order valence-electron chi connectivity index (χ2n) is 3.45. The molecule has 2 rings (SSSR count). The molecule has 0 aromatic carbocycles. The lowest BCUT2D eigenvalue weighted by Crippen LogP contribution is -2.14. The van der Waals surface area contributed by atoms with Crippen LogP contribution in [0.25, 0.3) is 0 Å². The highest BCUT2D eigenvalue weighted by molar-refractivity contribution is 6.03. The Hall–Kier alpha value is -2.78. The predicted octanol–water partition coefficient (Wildman–Crippen LogP) is 0.468. The van der Waals surface area contributed by atoms with Gasteiger partial charge in [-0.1, -0.05) is 11.8 Å². The van der Waals surface area contributed by atoms with E-state index in [1.807, 2.05) is 0 Å². The molecule has 0 spiro atoms. The van der Waals surface area contributed by atoms with Crippen molar-refractivity contribution < 1.29 is 9.90 Å². The summed E-state index contributed by atoms with van der Waals surface area (Å²) < 4.78 is 0. The summed E-state index contributed by atoms with van der Waals surface area (Å²) in [7, 11) is 0. The van der Waals surface area contributed by atoms with Crippen molar-refractivity contribution in [1.29, 1.82) is 0 Å². The molecule has 0 unspecified atom stereocenters. The van der Waals surface area contributed by atoms with Crippen LogP contribution in [-0.2, 0) is 0 Å². The van der Waals surface area contributed by atoms with Gasteiger partial charge in [0.25, 0.3) is 5.91 Å². The number of nitrogens with zero attached hydrogens (tertiary/aromatic N) is 3. The molecule has 94 valence electrons. The third-order valence-electron chi connectivity index (χ3n) is 2.10. The van der Waals surface area contributed by atoms with Crippen LogP contribution in [0.15, 0.2) is 36.9 Å². The number of pyridine rings is 1. The first kappa shape index (κ1) is 12.7. The smallest absolute Gasteiger partial charge is 0.259 e. The Morgan fingerprint density at radius 2 is 2.11 bits per heavy atom. The topological polar surface area (TPSA) is 88.0 Å². The van der Waals surface area contributed by atoms with E-state index in [4.69, 9.17) is 5.11 Å². The van der Waals surface area contributed by atoms with Gasteiger partial charge in [-0.25, -0.2) is 9.97 Å². The zero-order valence-corrected chi connectivity index (χ0v) is 9.87.